The Hall–Kier alpha value is -1.65. The van der Waals surface area contributed by atoms with Gasteiger partial charge in [0.2, 0.25) is 0 Å². The van der Waals surface area contributed by atoms with Crippen LogP contribution in [0.5, 0.6) is 0 Å². The van der Waals surface area contributed by atoms with E-state index in [1.54, 1.807) is 0 Å². The lowest BCUT2D eigenvalue weighted by Gasteiger charge is -2.35. The fraction of sp³-hybridized carbons (Fsp3) is 0.550. The van der Waals surface area contributed by atoms with Gasteiger partial charge in [0.25, 0.3) is 0 Å². The van der Waals surface area contributed by atoms with Gasteiger partial charge in [-0.1, -0.05) is 24.3 Å². The van der Waals surface area contributed by atoms with Crippen LogP contribution in [0.4, 0.5) is 0 Å². The van der Waals surface area contributed by atoms with E-state index in [4.69, 9.17) is 0 Å². The van der Waals surface area contributed by atoms with Crippen LogP contribution in [0.2, 0.25) is 0 Å². The Balaban J connectivity index is 1.82. The molecule has 4 heteroatoms. The SMILES string of the molecule is CC(C)(C)n1cc(CN(CCO)C2CCCc3ccccc32)cn1. The zero-order chi connectivity index (χ0) is 17.2. The van der Waals surface area contributed by atoms with E-state index in [1.807, 2.05) is 10.9 Å². The maximum Gasteiger partial charge on any atom is 0.0558 e. The monoisotopic (exact) mass is 327 g/mol. The minimum absolute atomic E-state index is 0.00248. The molecule has 4 nitrogen and oxygen atoms in total. The number of aromatic nitrogens is 2. The second-order valence-electron chi connectivity index (χ2n) is 7.76. The zero-order valence-corrected chi connectivity index (χ0v) is 15.1. The molecule has 2 aromatic rings. The summed E-state index contributed by atoms with van der Waals surface area (Å²) in [5, 5.41) is 14.1. The number of aliphatic hydroxyl groups is 1. The summed E-state index contributed by atoms with van der Waals surface area (Å²) in [5.74, 6) is 0. The summed E-state index contributed by atoms with van der Waals surface area (Å²) >= 11 is 0. The number of fused-ring (bicyclic) bond motifs is 1. The van der Waals surface area contributed by atoms with E-state index in [1.165, 1.54) is 29.5 Å². The number of rotatable bonds is 5. The second kappa shape index (κ2) is 7.08. The molecule has 0 fully saturated rings. The predicted octanol–water partition coefficient (Wildman–Crippen LogP) is 3.51. The van der Waals surface area contributed by atoms with Crippen molar-refractivity contribution in [2.45, 2.75) is 58.2 Å². The maximum absolute atomic E-state index is 9.57. The van der Waals surface area contributed by atoms with Crippen molar-refractivity contribution in [2.75, 3.05) is 13.2 Å². The fourth-order valence-corrected chi connectivity index (χ4v) is 3.62. The first-order valence-corrected chi connectivity index (χ1v) is 8.96. The van der Waals surface area contributed by atoms with Crippen molar-refractivity contribution in [2.24, 2.45) is 0 Å². The highest BCUT2D eigenvalue weighted by molar-refractivity contribution is 5.32. The lowest BCUT2D eigenvalue weighted by atomic mass is 9.86. The standard InChI is InChI=1S/C20H29N3O/c1-20(2,3)23-15-16(13-21-23)14-22(11-12-24)19-10-6-8-17-7-4-5-9-18(17)19/h4-5,7,9,13,15,19,24H,6,8,10-12,14H2,1-3H3. The van der Waals surface area contributed by atoms with Gasteiger partial charge in [0, 0.05) is 30.9 Å². The number of aryl methyl sites for hydroxylation is 1. The van der Waals surface area contributed by atoms with Crippen LogP contribution in [-0.4, -0.2) is 32.9 Å². The highest BCUT2D eigenvalue weighted by Gasteiger charge is 2.26. The molecular formula is C20H29N3O. The molecule has 1 atom stereocenters. The van der Waals surface area contributed by atoms with Crippen molar-refractivity contribution < 1.29 is 5.11 Å². The van der Waals surface area contributed by atoms with Crippen molar-refractivity contribution in [3.63, 3.8) is 0 Å². The van der Waals surface area contributed by atoms with E-state index in [2.05, 4.69) is 61.2 Å². The van der Waals surface area contributed by atoms with Gasteiger partial charge in [-0.3, -0.25) is 9.58 Å². The number of nitrogens with zero attached hydrogens (tertiary/aromatic N) is 3. The molecule has 1 aromatic carbocycles. The van der Waals surface area contributed by atoms with Crippen LogP contribution in [0.3, 0.4) is 0 Å². The first-order valence-electron chi connectivity index (χ1n) is 8.96. The van der Waals surface area contributed by atoms with Gasteiger partial charge in [-0.2, -0.15) is 5.10 Å². The van der Waals surface area contributed by atoms with Gasteiger partial charge in [0.05, 0.1) is 18.3 Å². The van der Waals surface area contributed by atoms with Crippen molar-refractivity contribution >= 4 is 0 Å². The summed E-state index contributed by atoms with van der Waals surface area (Å²) in [4.78, 5) is 2.40. The van der Waals surface area contributed by atoms with Gasteiger partial charge >= 0.3 is 0 Å². The number of hydrogen-bond acceptors (Lipinski definition) is 3. The van der Waals surface area contributed by atoms with E-state index < -0.39 is 0 Å². The maximum atomic E-state index is 9.57. The molecule has 0 radical (unpaired) electrons. The zero-order valence-electron chi connectivity index (χ0n) is 15.1. The molecule has 130 valence electrons. The first kappa shape index (κ1) is 17.2. The summed E-state index contributed by atoms with van der Waals surface area (Å²) in [7, 11) is 0. The van der Waals surface area contributed by atoms with E-state index in [-0.39, 0.29) is 12.1 Å². The molecule has 0 saturated carbocycles. The van der Waals surface area contributed by atoms with E-state index in [0.717, 1.165) is 13.0 Å². The molecule has 0 amide bonds. The van der Waals surface area contributed by atoms with Crippen molar-refractivity contribution in [3.05, 3.63) is 53.3 Å². The highest BCUT2D eigenvalue weighted by atomic mass is 16.3. The molecule has 1 heterocycles. The number of benzene rings is 1. The lowest BCUT2D eigenvalue weighted by molar-refractivity contribution is 0.131. The van der Waals surface area contributed by atoms with Crippen LogP contribution in [0, 0.1) is 0 Å². The van der Waals surface area contributed by atoms with Crippen LogP contribution >= 0.6 is 0 Å². The quantitative estimate of drug-likeness (QED) is 0.914. The summed E-state index contributed by atoms with van der Waals surface area (Å²) < 4.78 is 2.02. The highest BCUT2D eigenvalue weighted by Crippen LogP contribution is 2.34. The Morgan fingerprint density at radius 3 is 2.79 bits per heavy atom. The molecule has 1 aromatic heterocycles. The van der Waals surface area contributed by atoms with Crippen molar-refractivity contribution in [1.82, 2.24) is 14.7 Å². The first-order chi connectivity index (χ1) is 11.5. The fourth-order valence-electron chi connectivity index (χ4n) is 3.62. The Kier molecular flexibility index (Phi) is 5.07. The molecule has 0 spiro atoms. The summed E-state index contributed by atoms with van der Waals surface area (Å²) in [6.45, 7) is 8.19. The third-order valence-corrected chi connectivity index (χ3v) is 4.87. The molecule has 1 aliphatic carbocycles. The van der Waals surface area contributed by atoms with Gasteiger partial charge in [0.1, 0.15) is 0 Å². The molecule has 1 N–H and O–H groups in total. The van der Waals surface area contributed by atoms with Gasteiger partial charge in [-0.25, -0.2) is 0 Å². The molecule has 0 aliphatic heterocycles. The largest absolute Gasteiger partial charge is 0.395 e. The van der Waals surface area contributed by atoms with Crippen molar-refractivity contribution in [3.8, 4) is 0 Å². The smallest absolute Gasteiger partial charge is 0.0558 e. The summed E-state index contributed by atoms with van der Waals surface area (Å²) in [6, 6.07) is 9.15. The lowest BCUT2D eigenvalue weighted by Crippen LogP contribution is -2.33. The number of aliphatic hydroxyl groups excluding tert-OH is 1. The third kappa shape index (κ3) is 3.70. The van der Waals surface area contributed by atoms with E-state index in [0.29, 0.717) is 12.6 Å². The minimum Gasteiger partial charge on any atom is -0.395 e. The van der Waals surface area contributed by atoms with Gasteiger partial charge in [-0.15, -0.1) is 0 Å². The predicted molar refractivity (Wildman–Crippen MR) is 96.8 cm³/mol. The Bertz CT molecular complexity index is 672. The van der Waals surface area contributed by atoms with Crippen LogP contribution in [0.15, 0.2) is 36.7 Å². The van der Waals surface area contributed by atoms with E-state index >= 15 is 0 Å². The average Bonchev–Trinajstić information content (AvgIpc) is 3.03. The minimum atomic E-state index is -0.00248. The summed E-state index contributed by atoms with van der Waals surface area (Å²) in [5.41, 5.74) is 4.10. The molecule has 0 saturated heterocycles. The van der Waals surface area contributed by atoms with Crippen LogP contribution in [-0.2, 0) is 18.5 Å². The Labute approximate surface area is 145 Å². The normalized spacial score (nSPS) is 18.0. The molecule has 0 bridgehead atoms. The Morgan fingerprint density at radius 2 is 2.08 bits per heavy atom. The number of hydrogen-bond donors (Lipinski definition) is 1. The third-order valence-electron chi connectivity index (χ3n) is 4.87. The molecule has 24 heavy (non-hydrogen) atoms. The van der Waals surface area contributed by atoms with Crippen LogP contribution in [0.25, 0.3) is 0 Å². The average molecular weight is 327 g/mol. The second-order valence-corrected chi connectivity index (χ2v) is 7.76. The summed E-state index contributed by atoms with van der Waals surface area (Å²) in [6.07, 6.45) is 7.64. The topological polar surface area (TPSA) is 41.3 Å². The molecular weight excluding hydrogens is 298 g/mol. The van der Waals surface area contributed by atoms with Gasteiger partial charge in [0.15, 0.2) is 0 Å². The van der Waals surface area contributed by atoms with Gasteiger partial charge < -0.3 is 5.11 Å². The Morgan fingerprint density at radius 1 is 1.29 bits per heavy atom. The van der Waals surface area contributed by atoms with Crippen LogP contribution < -0.4 is 0 Å². The molecule has 3 rings (SSSR count). The molecule has 1 unspecified atom stereocenters. The van der Waals surface area contributed by atoms with Gasteiger partial charge in [-0.05, 0) is 51.2 Å². The molecule has 1 aliphatic rings. The van der Waals surface area contributed by atoms with Crippen LogP contribution in [0.1, 0.15) is 56.3 Å². The van der Waals surface area contributed by atoms with Crippen molar-refractivity contribution in [1.29, 1.82) is 0 Å². The van der Waals surface area contributed by atoms with E-state index in [9.17, 15) is 5.11 Å².